The van der Waals surface area contributed by atoms with Gasteiger partial charge < -0.3 is 25.2 Å². The van der Waals surface area contributed by atoms with Crippen LogP contribution in [0.3, 0.4) is 0 Å². The molecule has 4 N–H and O–H groups in total. The summed E-state index contributed by atoms with van der Waals surface area (Å²) >= 11 is 0. The first kappa shape index (κ1) is 52.9. The molecule has 0 saturated carbocycles. The number of nitrogens with two attached hydrogens (primary N) is 1. The maximum atomic E-state index is 12.6. The van der Waals surface area contributed by atoms with Gasteiger partial charge in [0, 0.05) is 13.0 Å². The number of phosphoric acid groups is 1. The molecule has 0 spiro atoms. The number of aliphatic carboxylic acids is 1. The van der Waals surface area contributed by atoms with Crippen molar-refractivity contribution in [3.8, 4) is 0 Å². The molecule has 10 nitrogen and oxygen atoms in total. The molecule has 0 rings (SSSR count). The highest BCUT2D eigenvalue weighted by Crippen LogP contribution is 2.43. The number of rotatable bonds is 41. The average Bonchev–Trinajstić information content (AvgIpc) is 3.16. The van der Waals surface area contributed by atoms with Crippen LogP contribution in [-0.4, -0.2) is 60.5 Å². The predicted octanol–water partition coefficient (Wildman–Crippen LogP) is 11.9. The fourth-order valence-corrected chi connectivity index (χ4v) is 6.51. The lowest BCUT2D eigenvalue weighted by atomic mass is 10.1. The highest BCUT2D eigenvalue weighted by molar-refractivity contribution is 7.47. The highest BCUT2D eigenvalue weighted by atomic mass is 31.2. The van der Waals surface area contributed by atoms with Crippen LogP contribution in [0.4, 0.5) is 0 Å². The number of esters is 1. The van der Waals surface area contributed by atoms with E-state index in [1.807, 2.05) is 0 Å². The van der Waals surface area contributed by atoms with Crippen molar-refractivity contribution in [1.29, 1.82) is 0 Å². The zero-order valence-electron chi connectivity index (χ0n) is 34.8. The molecule has 0 radical (unpaired) electrons. The van der Waals surface area contributed by atoms with Crippen LogP contribution in [-0.2, 0) is 32.7 Å². The zero-order chi connectivity index (χ0) is 40.5. The Bertz CT molecular complexity index is 1060. The van der Waals surface area contributed by atoms with Gasteiger partial charge in [-0.2, -0.15) is 0 Å². The molecule has 0 aromatic heterocycles. The van der Waals surface area contributed by atoms with Gasteiger partial charge in [0.25, 0.3) is 0 Å². The largest absolute Gasteiger partial charge is 0.480 e. The van der Waals surface area contributed by atoms with Crippen molar-refractivity contribution in [2.24, 2.45) is 5.73 Å². The minimum atomic E-state index is -4.62. The van der Waals surface area contributed by atoms with Crippen LogP contribution in [0.1, 0.15) is 181 Å². The lowest BCUT2D eigenvalue weighted by Gasteiger charge is -2.20. The molecule has 3 atom stereocenters. The van der Waals surface area contributed by atoms with Gasteiger partial charge in [0.2, 0.25) is 0 Å². The van der Waals surface area contributed by atoms with Crippen molar-refractivity contribution in [1.82, 2.24) is 0 Å². The number of carboxylic acid groups (broad SMARTS) is 1. The molecule has 0 aromatic carbocycles. The number of unbranched alkanes of at least 4 members (excludes halogenated alkanes) is 19. The standard InChI is InChI=1S/C44H80NO9P/c1-3-5-7-9-11-13-15-17-19-21-22-24-26-28-30-32-34-36-43(46)54-41(39-52-55(49,50)53-40-42(45)44(47)48)38-51-37-35-33-31-29-27-25-23-20-18-16-14-12-10-8-6-4-2/h6,8,12,14,17-20,41-42H,3-5,7,9-11,13,15-16,21-40,45H2,1-2H3,(H,47,48)(H,49,50)/b8-6-,14-12-,19-17-,20-18-. The number of hydrogen-bond donors (Lipinski definition) is 3. The summed E-state index contributed by atoms with van der Waals surface area (Å²) in [5.41, 5.74) is 5.35. The van der Waals surface area contributed by atoms with Crippen molar-refractivity contribution in [2.75, 3.05) is 26.4 Å². The predicted molar refractivity (Wildman–Crippen MR) is 226 cm³/mol. The Kier molecular flexibility index (Phi) is 38.6. The van der Waals surface area contributed by atoms with Crippen molar-refractivity contribution in [3.63, 3.8) is 0 Å². The molecule has 55 heavy (non-hydrogen) atoms. The van der Waals surface area contributed by atoms with Gasteiger partial charge in [-0.1, -0.05) is 152 Å². The topological polar surface area (TPSA) is 155 Å². The van der Waals surface area contributed by atoms with E-state index in [1.54, 1.807) is 0 Å². The Balaban J connectivity index is 4.27. The smallest absolute Gasteiger partial charge is 0.472 e. The fraction of sp³-hybridized carbons (Fsp3) is 0.773. The molecular formula is C44H80NO9P. The lowest BCUT2D eigenvalue weighted by Crippen LogP contribution is -2.34. The summed E-state index contributed by atoms with van der Waals surface area (Å²) in [4.78, 5) is 33.5. The van der Waals surface area contributed by atoms with E-state index in [0.717, 1.165) is 70.6 Å². The quantitative estimate of drug-likeness (QED) is 0.0236. The monoisotopic (exact) mass is 798 g/mol. The molecular weight excluding hydrogens is 717 g/mol. The third kappa shape index (κ3) is 39.9. The molecule has 320 valence electrons. The van der Waals surface area contributed by atoms with Crippen LogP contribution in [0, 0.1) is 0 Å². The van der Waals surface area contributed by atoms with Crippen molar-refractivity contribution < 1.29 is 42.7 Å². The SMILES string of the molecule is CC/C=C\C/C=C\C/C=C\CCCCCCCCOCC(COP(=O)(O)OCC(N)C(=O)O)OC(=O)CCCCCCCCC/C=C\CCCCCCCC. The maximum absolute atomic E-state index is 12.6. The van der Waals surface area contributed by atoms with Crippen LogP contribution in [0.15, 0.2) is 48.6 Å². The third-order valence-corrected chi connectivity index (χ3v) is 10.0. The number of carboxylic acids is 1. The van der Waals surface area contributed by atoms with Gasteiger partial charge in [0.1, 0.15) is 12.1 Å². The number of carbonyl (C=O) groups excluding carboxylic acids is 1. The van der Waals surface area contributed by atoms with E-state index in [1.165, 1.54) is 83.5 Å². The molecule has 0 aliphatic heterocycles. The van der Waals surface area contributed by atoms with E-state index in [-0.39, 0.29) is 13.0 Å². The Hall–Kier alpha value is -2.07. The van der Waals surface area contributed by atoms with Gasteiger partial charge in [0.15, 0.2) is 0 Å². The zero-order valence-corrected chi connectivity index (χ0v) is 35.7. The van der Waals surface area contributed by atoms with Gasteiger partial charge in [0.05, 0.1) is 19.8 Å². The van der Waals surface area contributed by atoms with E-state index >= 15 is 0 Å². The van der Waals surface area contributed by atoms with Gasteiger partial charge in [-0.05, 0) is 70.6 Å². The molecule has 0 aromatic rings. The molecule has 0 aliphatic rings. The summed E-state index contributed by atoms with van der Waals surface area (Å²) < 4.78 is 33.3. The van der Waals surface area contributed by atoms with Crippen LogP contribution in [0.2, 0.25) is 0 Å². The molecule has 0 heterocycles. The molecule has 0 fully saturated rings. The summed E-state index contributed by atoms with van der Waals surface area (Å²) in [5, 5.41) is 8.89. The second kappa shape index (κ2) is 40.1. The van der Waals surface area contributed by atoms with Gasteiger partial charge in [-0.25, -0.2) is 4.57 Å². The van der Waals surface area contributed by atoms with Gasteiger partial charge >= 0.3 is 19.8 Å². The van der Waals surface area contributed by atoms with Crippen LogP contribution < -0.4 is 5.73 Å². The maximum Gasteiger partial charge on any atom is 0.472 e. The fourth-order valence-electron chi connectivity index (χ4n) is 5.73. The second-order valence-corrected chi connectivity index (χ2v) is 15.9. The average molecular weight is 798 g/mol. The Morgan fingerprint density at radius 1 is 0.600 bits per heavy atom. The Morgan fingerprint density at radius 2 is 1.05 bits per heavy atom. The molecule has 0 aliphatic carbocycles. The first-order valence-corrected chi connectivity index (χ1v) is 23.2. The number of ether oxygens (including phenoxy) is 2. The molecule has 0 amide bonds. The van der Waals surface area contributed by atoms with Crippen LogP contribution >= 0.6 is 7.82 Å². The Labute approximate surface area is 335 Å². The highest BCUT2D eigenvalue weighted by Gasteiger charge is 2.27. The van der Waals surface area contributed by atoms with E-state index in [0.29, 0.717) is 13.0 Å². The summed E-state index contributed by atoms with van der Waals surface area (Å²) in [6.07, 6.45) is 45.9. The van der Waals surface area contributed by atoms with Crippen LogP contribution in [0.25, 0.3) is 0 Å². The van der Waals surface area contributed by atoms with E-state index < -0.39 is 45.1 Å². The normalized spacial score (nSPS) is 14.4. The number of phosphoric ester groups is 1. The van der Waals surface area contributed by atoms with E-state index in [9.17, 15) is 19.0 Å². The number of carbonyl (C=O) groups is 2. The summed E-state index contributed by atoms with van der Waals surface area (Å²) in [7, 11) is -4.62. The molecule has 11 heteroatoms. The van der Waals surface area contributed by atoms with Gasteiger partial charge in [-0.15, -0.1) is 0 Å². The summed E-state index contributed by atoms with van der Waals surface area (Å²) in [6, 6.07) is -1.48. The minimum absolute atomic E-state index is 0.00554. The summed E-state index contributed by atoms with van der Waals surface area (Å²) in [5.74, 6) is -1.79. The van der Waals surface area contributed by atoms with Gasteiger partial charge in [-0.3, -0.25) is 18.6 Å². The molecule has 0 bridgehead atoms. The first-order valence-electron chi connectivity index (χ1n) is 21.7. The number of allylic oxidation sites excluding steroid dienone is 8. The van der Waals surface area contributed by atoms with Crippen molar-refractivity contribution in [2.45, 2.75) is 193 Å². The van der Waals surface area contributed by atoms with Crippen molar-refractivity contribution in [3.05, 3.63) is 48.6 Å². The molecule has 3 unspecified atom stereocenters. The van der Waals surface area contributed by atoms with E-state index in [2.05, 4.69) is 62.5 Å². The first-order chi connectivity index (χ1) is 26.7. The minimum Gasteiger partial charge on any atom is -0.480 e. The lowest BCUT2D eigenvalue weighted by molar-refractivity contribution is -0.154. The molecule has 0 saturated heterocycles. The third-order valence-electron chi connectivity index (χ3n) is 9.09. The van der Waals surface area contributed by atoms with Crippen molar-refractivity contribution >= 4 is 19.8 Å². The van der Waals surface area contributed by atoms with Crippen LogP contribution in [0.5, 0.6) is 0 Å². The summed E-state index contributed by atoms with van der Waals surface area (Å²) in [6.45, 7) is 3.73. The Morgan fingerprint density at radius 3 is 1.60 bits per heavy atom. The van der Waals surface area contributed by atoms with E-state index in [4.69, 9.17) is 29.4 Å². The second-order valence-electron chi connectivity index (χ2n) is 14.4. The number of hydrogen-bond acceptors (Lipinski definition) is 8.